The average molecular weight is 453 g/mol. The van der Waals surface area contributed by atoms with Gasteiger partial charge in [0.2, 0.25) is 0 Å². The van der Waals surface area contributed by atoms with Gasteiger partial charge < -0.3 is 4.74 Å². The maximum absolute atomic E-state index is 13.2. The molecule has 1 aliphatic rings. The van der Waals surface area contributed by atoms with Gasteiger partial charge in [0.25, 0.3) is 11.8 Å². The van der Waals surface area contributed by atoms with Crippen LogP contribution in [-0.2, 0) is 4.74 Å². The summed E-state index contributed by atoms with van der Waals surface area (Å²) >= 11 is 0. The third-order valence-electron chi connectivity index (χ3n) is 5.63. The van der Waals surface area contributed by atoms with Gasteiger partial charge in [-0.05, 0) is 53.9 Å². The van der Waals surface area contributed by atoms with E-state index >= 15 is 0 Å². The molecular formula is C27H16FNO5. The smallest absolute Gasteiger partial charge is 0.338 e. The number of ketones is 1. The van der Waals surface area contributed by atoms with E-state index in [0.29, 0.717) is 5.69 Å². The van der Waals surface area contributed by atoms with Gasteiger partial charge in [-0.1, -0.05) is 36.4 Å². The average Bonchev–Trinajstić information content (AvgIpc) is 3.11. The molecule has 1 heterocycles. The zero-order valence-electron chi connectivity index (χ0n) is 17.7. The highest BCUT2D eigenvalue weighted by atomic mass is 19.1. The number of benzene rings is 4. The van der Waals surface area contributed by atoms with Crippen LogP contribution in [0.1, 0.15) is 41.4 Å². The van der Waals surface area contributed by atoms with Crippen molar-refractivity contribution in [1.29, 1.82) is 0 Å². The molecule has 0 aromatic heterocycles. The largest absolute Gasteiger partial charge is 0.454 e. The van der Waals surface area contributed by atoms with E-state index in [-0.39, 0.29) is 22.3 Å². The lowest BCUT2D eigenvalue weighted by Crippen LogP contribution is -2.29. The van der Waals surface area contributed by atoms with Crippen molar-refractivity contribution < 1.29 is 28.3 Å². The number of nitrogens with zero attached hydrogens (tertiary/aromatic N) is 1. The molecule has 0 fully saturated rings. The zero-order valence-corrected chi connectivity index (χ0v) is 17.7. The fourth-order valence-electron chi connectivity index (χ4n) is 3.92. The summed E-state index contributed by atoms with van der Waals surface area (Å²) in [6.07, 6.45) is 0. The van der Waals surface area contributed by atoms with Crippen LogP contribution in [0.2, 0.25) is 0 Å². The molecule has 0 aliphatic carbocycles. The molecule has 166 valence electrons. The summed E-state index contributed by atoms with van der Waals surface area (Å²) in [5.74, 6) is -2.83. The molecule has 0 saturated carbocycles. The summed E-state index contributed by atoms with van der Waals surface area (Å²) < 4.78 is 18.1. The first-order chi connectivity index (χ1) is 16.4. The van der Waals surface area contributed by atoms with Gasteiger partial charge in [0.15, 0.2) is 12.4 Å². The Hall–Kier alpha value is -4.65. The third kappa shape index (κ3) is 3.63. The number of hydrogen-bond acceptors (Lipinski definition) is 5. The lowest BCUT2D eigenvalue weighted by molar-refractivity contribution is 0.0474. The van der Waals surface area contributed by atoms with Gasteiger partial charge in [0, 0.05) is 10.9 Å². The molecule has 1 aliphatic heterocycles. The molecule has 0 radical (unpaired) electrons. The van der Waals surface area contributed by atoms with Crippen LogP contribution in [0.3, 0.4) is 0 Å². The van der Waals surface area contributed by atoms with Crippen LogP contribution >= 0.6 is 0 Å². The maximum atomic E-state index is 13.2. The number of anilines is 1. The van der Waals surface area contributed by atoms with Gasteiger partial charge in [-0.2, -0.15) is 0 Å². The third-order valence-corrected chi connectivity index (χ3v) is 5.63. The number of ether oxygens (including phenoxy) is 1. The minimum Gasteiger partial charge on any atom is -0.454 e. The Labute approximate surface area is 193 Å². The highest BCUT2D eigenvalue weighted by Gasteiger charge is 2.38. The molecular weight excluding hydrogens is 437 g/mol. The maximum Gasteiger partial charge on any atom is 0.338 e. The van der Waals surface area contributed by atoms with Crippen LogP contribution in [-0.4, -0.2) is 30.2 Å². The minimum absolute atomic E-state index is 0.0339. The fourth-order valence-corrected chi connectivity index (χ4v) is 3.92. The van der Waals surface area contributed by atoms with Crippen molar-refractivity contribution in [2.45, 2.75) is 0 Å². The summed E-state index contributed by atoms with van der Waals surface area (Å²) in [6, 6.07) is 21.7. The number of Topliss-reactive ketones (excluding diaryl/α,β-unsaturated/α-hetero) is 1. The Morgan fingerprint density at radius 3 is 2.24 bits per heavy atom. The van der Waals surface area contributed by atoms with Crippen molar-refractivity contribution in [1.82, 2.24) is 0 Å². The lowest BCUT2D eigenvalue weighted by atomic mass is 10.1. The molecule has 2 amide bonds. The molecule has 0 unspecified atom stereocenters. The minimum atomic E-state index is -0.817. The van der Waals surface area contributed by atoms with Crippen molar-refractivity contribution >= 4 is 40.0 Å². The van der Waals surface area contributed by atoms with Crippen LogP contribution in [0.4, 0.5) is 10.1 Å². The highest BCUT2D eigenvalue weighted by molar-refractivity contribution is 6.36. The van der Waals surface area contributed by atoms with Gasteiger partial charge in [0.05, 0.1) is 22.4 Å². The number of carbonyl (C=O) groups is 4. The molecule has 0 bridgehead atoms. The van der Waals surface area contributed by atoms with E-state index in [1.54, 1.807) is 12.1 Å². The molecule has 0 N–H and O–H groups in total. The highest BCUT2D eigenvalue weighted by Crippen LogP contribution is 2.34. The summed E-state index contributed by atoms with van der Waals surface area (Å²) in [4.78, 5) is 52.0. The molecule has 4 aromatic rings. The second-order valence-corrected chi connectivity index (χ2v) is 7.71. The molecule has 5 rings (SSSR count). The van der Waals surface area contributed by atoms with Crippen molar-refractivity contribution in [2.75, 3.05) is 11.5 Å². The first kappa shape index (κ1) is 21.2. The second kappa shape index (κ2) is 8.37. The normalized spacial score (nSPS) is 12.7. The summed E-state index contributed by atoms with van der Waals surface area (Å²) in [5.41, 5.74) is 0.952. The van der Waals surface area contributed by atoms with Crippen LogP contribution in [0.15, 0.2) is 84.9 Å². The number of carbonyl (C=O) groups excluding carboxylic acids is 4. The first-order valence-electron chi connectivity index (χ1n) is 10.4. The molecule has 4 aromatic carbocycles. The van der Waals surface area contributed by atoms with Crippen LogP contribution in [0, 0.1) is 5.82 Å². The van der Waals surface area contributed by atoms with E-state index < -0.39 is 36.0 Å². The zero-order chi connectivity index (χ0) is 23.8. The van der Waals surface area contributed by atoms with Crippen molar-refractivity contribution in [3.8, 4) is 0 Å². The topological polar surface area (TPSA) is 80.8 Å². The van der Waals surface area contributed by atoms with Crippen molar-refractivity contribution in [2.24, 2.45) is 0 Å². The predicted octanol–water partition coefficient (Wildman–Crippen LogP) is 4.82. The van der Waals surface area contributed by atoms with Gasteiger partial charge in [-0.15, -0.1) is 0 Å². The molecule has 0 saturated heterocycles. The standard InChI is InChI=1S/C27H16FNO5/c28-19-11-8-17(9-12-19)24(30)15-34-27(33)18-10-13-21-22(14-18)26(32)29(25(21)31)23-7-3-5-16-4-1-2-6-20(16)23/h1-14H,15H2. The number of fused-ring (bicyclic) bond motifs is 2. The molecule has 34 heavy (non-hydrogen) atoms. The number of imide groups is 1. The summed E-state index contributed by atoms with van der Waals surface area (Å²) in [7, 11) is 0. The Morgan fingerprint density at radius 1 is 0.765 bits per heavy atom. The second-order valence-electron chi connectivity index (χ2n) is 7.71. The summed E-state index contributed by atoms with van der Waals surface area (Å²) in [6.45, 7) is -0.545. The van der Waals surface area contributed by atoms with E-state index in [1.807, 2.05) is 30.3 Å². The van der Waals surface area contributed by atoms with E-state index in [1.165, 1.54) is 30.3 Å². The molecule has 7 heteroatoms. The number of hydrogen-bond donors (Lipinski definition) is 0. The van der Waals surface area contributed by atoms with E-state index in [2.05, 4.69) is 0 Å². The van der Waals surface area contributed by atoms with E-state index in [0.717, 1.165) is 27.8 Å². The Morgan fingerprint density at radius 2 is 1.44 bits per heavy atom. The van der Waals surface area contributed by atoms with Crippen molar-refractivity contribution in [3.05, 3.63) is 113 Å². The van der Waals surface area contributed by atoms with Gasteiger partial charge in [0.1, 0.15) is 5.82 Å². The first-order valence-corrected chi connectivity index (χ1v) is 10.4. The molecule has 0 spiro atoms. The van der Waals surface area contributed by atoms with Gasteiger partial charge in [-0.25, -0.2) is 14.1 Å². The lowest BCUT2D eigenvalue weighted by Gasteiger charge is -2.16. The van der Waals surface area contributed by atoms with Crippen LogP contribution in [0.25, 0.3) is 10.8 Å². The monoisotopic (exact) mass is 453 g/mol. The Balaban J connectivity index is 1.38. The van der Waals surface area contributed by atoms with E-state index in [9.17, 15) is 23.6 Å². The van der Waals surface area contributed by atoms with Crippen LogP contribution < -0.4 is 4.90 Å². The SMILES string of the molecule is O=C(COC(=O)c1ccc2c(c1)C(=O)N(c1cccc3ccccc13)C2=O)c1ccc(F)cc1. The molecule has 6 nitrogen and oxygen atoms in total. The summed E-state index contributed by atoms with van der Waals surface area (Å²) in [5, 5.41) is 1.63. The quantitative estimate of drug-likeness (QED) is 0.246. The number of esters is 1. The van der Waals surface area contributed by atoms with Gasteiger partial charge in [-0.3, -0.25) is 14.4 Å². The van der Waals surface area contributed by atoms with Crippen LogP contribution in [0.5, 0.6) is 0 Å². The molecule has 0 atom stereocenters. The van der Waals surface area contributed by atoms with Gasteiger partial charge >= 0.3 is 5.97 Å². The van der Waals surface area contributed by atoms with Crippen molar-refractivity contribution in [3.63, 3.8) is 0 Å². The number of amides is 2. The van der Waals surface area contributed by atoms with E-state index in [4.69, 9.17) is 4.74 Å². The Bertz CT molecular complexity index is 1490. The Kier molecular flexibility index (Phi) is 5.22. The number of rotatable bonds is 5. The fraction of sp³-hybridized carbons (Fsp3) is 0.0370. The number of halogens is 1. The predicted molar refractivity (Wildman–Crippen MR) is 123 cm³/mol.